The van der Waals surface area contributed by atoms with Gasteiger partial charge in [0, 0.05) is 12.7 Å². The molecule has 0 atom stereocenters. The first kappa shape index (κ1) is 20.9. The number of halogens is 1. The van der Waals surface area contributed by atoms with Crippen molar-refractivity contribution >= 4 is 29.9 Å². The monoisotopic (exact) mass is 480 g/mol. The summed E-state index contributed by atoms with van der Waals surface area (Å²) in [4.78, 5) is 8.95. The van der Waals surface area contributed by atoms with Crippen molar-refractivity contribution in [1.29, 1.82) is 0 Å². The van der Waals surface area contributed by atoms with Crippen molar-refractivity contribution in [2.24, 2.45) is 4.99 Å². The molecule has 0 amide bonds. The molecule has 3 aromatic rings. The van der Waals surface area contributed by atoms with Crippen LogP contribution in [0.15, 0.2) is 52.0 Å². The molecule has 7 nitrogen and oxygen atoms in total. The molecule has 0 bridgehead atoms. The third kappa shape index (κ3) is 5.81. The predicted molar refractivity (Wildman–Crippen MR) is 117 cm³/mol. The fourth-order valence-corrected chi connectivity index (χ4v) is 2.45. The minimum absolute atomic E-state index is 0. The Balaban J connectivity index is 0.00000261. The van der Waals surface area contributed by atoms with Crippen LogP contribution in [0.25, 0.3) is 5.69 Å². The van der Waals surface area contributed by atoms with Crippen LogP contribution in [-0.4, -0.2) is 27.3 Å². The van der Waals surface area contributed by atoms with E-state index >= 15 is 0 Å². The van der Waals surface area contributed by atoms with Crippen LogP contribution in [-0.2, 0) is 13.1 Å². The van der Waals surface area contributed by atoms with Crippen LogP contribution in [0.4, 0.5) is 0 Å². The first-order valence-electron chi connectivity index (χ1n) is 8.70. The van der Waals surface area contributed by atoms with E-state index in [-0.39, 0.29) is 24.0 Å². The molecule has 8 heteroatoms. The fourth-order valence-electron chi connectivity index (χ4n) is 2.45. The largest absolute Gasteiger partial charge is 0.444 e. The number of nitrogens with zero attached hydrogens (tertiary/aromatic N) is 4. The smallest absolute Gasteiger partial charge is 0.214 e. The van der Waals surface area contributed by atoms with Gasteiger partial charge >= 0.3 is 0 Å². The number of guanidine groups is 1. The summed E-state index contributed by atoms with van der Waals surface area (Å²) in [7, 11) is 0. The number of hydrogen-bond acceptors (Lipinski definition) is 4. The third-order valence-electron chi connectivity index (χ3n) is 3.89. The Hall–Kier alpha value is -2.36. The highest BCUT2D eigenvalue weighted by molar-refractivity contribution is 14.0. The highest BCUT2D eigenvalue weighted by Crippen LogP contribution is 2.08. The van der Waals surface area contributed by atoms with E-state index in [9.17, 15) is 0 Å². The number of aromatic nitrogens is 3. The summed E-state index contributed by atoms with van der Waals surface area (Å²) in [5.41, 5.74) is 2.84. The summed E-state index contributed by atoms with van der Waals surface area (Å²) in [5.74, 6) is 2.20. The fraction of sp³-hybridized carbons (Fsp3) is 0.316. The van der Waals surface area contributed by atoms with Gasteiger partial charge in [0.2, 0.25) is 5.89 Å². The van der Waals surface area contributed by atoms with E-state index in [1.54, 1.807) is 0 Å². The van der Waals surface area contributed by atoms with Crippen LogP contribution in [0.5, 0.6) is 0 Å². The average molecular weight is 480 g/mol. The van der Waals surface area contributed by atoms with E-state index < -0.39 is 0 Å². The summed E-state index contributed by atoms with van der Waals surface area (Å²) in [6, 6.07) is 12.0. The molecule has 0 unspecified atom stereocenters. The molecule has 144 valence electrons. The summed E-state index contributed by atoms with van der Waals surface area (Å²) in [5, 5.41) is 11.0. The quantitative estimate of drug-likeness (QED) is 0.322. The van der Waals surface area contributed by atoms with Crippen LogP contribution < -0.4 is 10.6 Å². The summed E-state index contributed by atoms with van der Waals surface area (Å²) in [6.07, 6.45) is 1.94. The molecule has 0 radical (unpaired) electrons. The van der Waals surface area contributed by atoms with Gasteiger partial charge in [-0.3, -0.25) is 0 Å². The molecule has 3 rings (SSSR count). The van der Waals surface area contributed by atoms with Gasteiger partial charge in [0.25, 0.3) is 0 Å². The number of aliphatic imine (C=N–C) groups is 1. The number of nitrogens with one attached hydrogen (secondary N) is 2. The van der Waals surface area contributed by atoms with Gasteiger partial charge in [-0.25, -0.2) is 14.7 Å². The van der Waals surface area contributed by atoms with Crippen LogP contribution in [0.3, 0.4) is 0 Å². The second kappa shape index (κ2) is 10.1. The molecule has 0 aliphatic rings. The maximum absolute atomic E-state index is 5.59. The van der Waals surface area contributed by atoms with Gasteiger partial charge in [-0.15, -0.1) is 24.0 Å². The van der Waals surface area contributed by atoms with Crippen molar-refractivity contribution in [2.75, 3.05) is 6.54 Å². The lowest BCUT2D eigenvalue weighted by Gasteiger charge is -2.09. The van der Waals surface area contributed by atoms with Gasteiger partial charge in [-0.05, 0) is 39.0 Å². The van der Waals surface area contributed by atoms with E-state index in [4.69, 9.17) is 4.42 Å². The minimum atomic E-state index is 0. The first-order valence-corrected chi connectivity index (χ1v) is 8.70. The maximum Gasteiger partial charge on any atom is 0.214 e. The maximum atomic E-state index is 5.59. The van der Waals surface area contributed by atoms with Gasteiger partial charge in [0.1, 0.15) is 5.76 Å². The Bertz CT molecular complexity index is 852. The summed E-state index contributed by atoms with van der Waals surface area (Å²) in [6.45, 7) is 7.62. The van der Waals surface area contributed by atoms with Gasteiger partial charge in [0.15, 0.2) is 5.96 Å². The SMILES string of the molecule is CCNC(=NCc1ccn(-c2ccccc2)n1)NCc1nc(C)c(C)o1.I. The number of hydrogen-bond donors (Lipinski definition) is 2. The van der Waals surface area contributed by atoms with Gasteiger partial charge in [0.05, 0.1) is 30.2 Å². The lowest BCUT2D eigenvalue weighted by atomic mass is 10.3. The van der Waals surface area contributed by atoms with Crippen molar-refractivity contribution in [3.05, 3.63) is 65.6 Å². The van der Waals surface area contributed by atoms with E-state index in [1.807, 2.05) is 68.0 Å². The molecule has 0 fully saturated rings. The summed E-state index contributed by atoms with van der Waals surface area (Å²) < 4.78 is 7.44. The molecule has 2 heterocycles. The van der Waals surface area contributed by atoms with Crippen molar-refractivity contribution in [3.8, 4) is 5.69 Å². The molecular formula is C19H25IN6O. The molecule has 2 aromatic heterocycles. The third-order valence-corrected chi connectivity index (χ3v) is 3.89. The Morgan fingerprint density at radius 3 is 2.59 bits per heavy atom. The molecule has 0 saturated heterocycles. The molecule has 1 aromatic carbocycles. The first-order chi connectivity index (χ1) is 12.7. The van der Waals surface area contributed by atoms with Crippen LogP contribution in [0.2, 0.25) is 0 Å². The topological polar surface area (TPSA) is 80.3 Å². The number of oxazole rings is 1. The number of benzene rings is 1. The van der Waals surface area contributed by atoms with Crippen molar-refractivity contribution in [2.45, 2.75) is 33.9 Å². The molecule has 0 spiro atoms. The van der Waals surface area contributed by atoms with Crippen LogP contribution in [0, 0.1) is 13.8 Å². The predicted octanol–water partition coefficient (Wildman–Crippen LogP) is 3.35. The van der Waals surface area contributed by atoms with Crippen LogP contribution >= 0.6 is 24.0 Å². The molecule has 27 heavy (non-hydrogen) atoms. The summed E-state index contributed by atoms with van der Waals surface area (Å²) >= 11 is 0. The zero-order valence-electron chi connectivity index (χ0n) is 15.8. The zero-order valence-corrected chi connectivity index (χ0v) is 18.1. The zero-order chi connectivity index (χ0) is 18.4. The Labute approximate surface area is 176 Å². The molecule has 0 aliphatic carbocycles. The standard InChI is InChI=1S/C19H24N6O.HI/c1-4-20-19(22-13-18-23-14(2)15(3)26-18)21-12-16-10-11-25(24-16)17-8-6-5-7-9-17;/h5-11H,4,12-13H2,1-3H3,(H2,20,21,22);1H. The lowest BCUT2D eigenvalue weighted by molar-refractivity contribution is 0.463. The number of para-hydroxylation sites is 1. The number of rotatable bonds is 6. The normalized spacial score (nSPS) is 11.1. The highest BCUT2D eigenvalue weighted by Gasteiger charge is 2.07. The lowest BCUT2D eigenvalue weighted by Crippen LogP contribution is -2.36. The van der Waals surface area contributed by atoms with Crippen molar-refractivity contribution in [1.82, 2.24) is 25.4 Å². The van der Waals surface area contributed by atoms with E-state index in [2.05, 4.69) is 25.7 Å². The Kier molecular flexibility index (Phi) is 7.83. The Morgan fingerprint density at radius 1 is 1.15 bits per heavy atom. The average Bonchev–Trinajstić information content (AvgIpc) is 3.25. The van der Waals surface area contributed by atoms with Crippen molar-refractivity contribution < 1.29 is 4.42 Å². The molecule has 0 aliphatic heterocycles. The van der Waals surface area contributed by atoms with E-state index in [1.165, 1.54) is 0 Å². The second-order valence-electron chi connectivity index (χ2n) is 5.89. The second-order valence-corrected chi connectivity index (χ2v) is 5.89. The van der Waals surface area contributed by atoms with Crippen molar-refractivity contribution in [3.63, 3.8) is 0 Å². The number of aryl methyl sites for hydroxylation is 2. The van der Waals surface area contributed by atoms with Crippen LogP contribution in [0.1, 0.15) is 30.0 Å². The van der Waals surface area contributed by atoms with Gasteiger partial charge in [-0.1, -0.05) is 18.2 Å². The molecule has 0 saturated carbocycles. The van der Waals surface area contributed by atoms with E-state index in [0.717, 1.165) is 29.4 Å². The molecule has 2 N–H and O–H groups in total. The molecular weight excluding hydrogens is 455 g/mol. The van der Waals surface area contributed by atoms with Gasteiger partial charge in [-0.2, -0.15) is 5.10 Å². The van der Waals surface area contributed by atoms with Gasteiger partial charge < -0.3 is 15.1 Å². The minimum Gasteiger partial charge on any atom is -0.444 e. The Morgan fingerprint density at radius 2 is 1.93 bits per heavy atom. The highest BCUT2D eigenvalue weighted by atomic mass is 127. The van der Waals surface area contributed by atoms with E-state index in [0.29, 0.717) is 24.9 Å².